The molecule has 2 saturated heterocycles. The lowest BCUT2D eigenvalue weighted by atomic mass is 10.00. The fourth-order valence-corrected chi connectivity index (χ4v) is 2.60. The standard InChI is InChI=1S/C13H23N3O2/c1-3-4-11-12(17)16(13(18)14-11)9-15-7-5-10(2)6-8-15/h10-11H,3-9H2,1-2H3,(H,14,18). The SMILES string of the molecule is CCCC1NC(=O)N(CN2CCC(C)CC2)C1=O. The molecule has 0 aromatic rings. The van der Waals surface area contributed by atoms with Crippen LogP contribution in [0.15, 0.2) is 0 Å². The molecule has 0 bridgehead atoms. The number of nitrogens with zero attached hydrogens (tertiary/aromatic N) is 2. The van der Waals surface area contributed by atoms with Crippen molar-refractivity contribution < 1.29 is 9.59 Å². The molecule has 2 heterocycles. The molecular weight excluding hydrogens is 230 g/mol. The maximum absolute atomic E-state index is 12.1. The topological polar surface area (TPSA) is 52.7 Å². The molecule has 0 radical (unpaired) electrons. The summed E-state index contributed by atoms with van der Waals surface area (Å²) in [7, 11) is 0. The molecule has 0 spiro atoms. The van der Waals surface area contributed by atoms with Gasteiger partial charge in [0.25, 0.3) is 5.91 Å². The summed E-state index contributed by atoms with van der Waals surface area (Å²) in [5.41, 5.74) is 0. The van der Waals surface area contributed by atoms with Crippen LogP contribution in [0.1, 0.15) is 39.5 Å². The number of carbonyl (C=O) groups excluding carboxylic acids is 2. The summed E-state index contributed by atoms with van der Waals surface area (Å²) >= 11 is 0. The van der Waals surface area contributed by atoms with E-state index in [-0.39, 0.29) is 18.0 Å². The molecule has 5 heteroatoms. The molecule has 2 aliphatic heterocycles. The van der Waals surface area contributed by atoms with Crippen LogP contribution in [0.5, 0.6) is 0 Å². The van der Waals surface area contributed by atoms with Crippen molar-refractivity contribution in [3.8, 4) is 0 Å². The van der Waals surface area contributed by atoms with Gasteiger partial charge in [0, 0.05) is 13.1 Å². The predicted octanol–water partition coefficient (Wildman–Crippen LogP) is 1.40. The van der Waals surface area contributed by atoms with E-state index in [1.54, 1.807) is 0 Å². The normalized spacial score (nSPS) is 26.8. The van der Waals surface area contributed by atoms with Gasteiger partial charge >= 0.3 is 6.03 Å². The summed E-state index contributed by atoms with van der Waals surface area (Å²) in [6, 6.07) is -0.525. The first kappa shape index (κ1) is 13.3. The monoisotopic (exact) mass is 253 g/mol. The molecule has 0 aromatic heterocycles. The number of hydrogen-bond acceptors (Lipinski definition) is 3. The highest BCUT2D eigenvalue weighted by Crippen LogP contribution is 2.18. The van der Waals surface area contributed by atoms with Crippen LogP contribution >= 0.6 is 0 Å². The van der Waals surface area contributed by atoms with Crippen LogP contribution in [-0.2, 0) is 4.79 Å². The van der Waals surface area contributed by atoms with Crippen molar-refractivity contribution in [1.29, 1.82) is 0 Å². The Hall–Kier alpha value is -1.10. The number of piperidine rings is 1. The number of likely N-dealkylation sites (tertiary alicyclic amines) is 1. The van der Waals surface area contributed by atoms with Crippen LogP contribution in [0.3, 0.4) is 0 Å². The zero-order chi connectivity index (χ0) is 13.1. The van der Waals surface area contributed by atoms with E-state index in [9.17, 15) is 9.59 Å². The van der Waals surface area contributed by atoms with Crippen molar-refractivity contribution in [3.05, 3.63) is 0 Å². The third kappa shape index (κ3) is 2.83. The Morgan fingerprint density at radius 3 is 2.56 bits per heavy atom. The molecular formula is C13H23N3O2. The second kappa shape index (κ2) is 5.69. The van der Waals surface area contributed by atoms with Crippen LogP contribution in [-0.4, -0.2) is 47.5 Å². The zero-order valence-electron chi connectivity index (χ0n) is 11.3. The van der Waals surface area contributed by atoms with Crippen molar-refractivity contribution in [1.82, 2.24) is 15.1 Å². The van der Waals surface area contributed by atoms with Gasteiger partial charge in [-0.1, -0.05) is 20.3 Å². The molecule has 102 valence electrons. The Balaban J connectivity index is 1.89. The third-order valence-electron chi connectivity index (χ3n) is 3.90. The van der Waals surface area contributed by atoms with Gasteiger partial charge in [0.05, 0.1) is 6.67 Å². The van der Waals surface area contributed by atoms with Crippen LogP contribution in [0.2, 0.25) is 0 Å². The van der Waals surface area contributed by atoms with E-state index in [1.165, 1.54) is 4.90 Å². The first-order valence-electron chi connectivity index (χ1n) is 6.96. The van der Waals surface area contributed by atoms with Crippen LogP contribution in [0.4, 0.5) is 4.79 Å². The van der Waals surface area contributed by atoms with Gasteiger partial charge < -0.3 is 5.32 Å². The third-order valence-corrected chi connectivity index (χ3v) is 3.90. The first-order valence-corrected chi connectivity index (χ1v) is 6.96. The van der Waals surface area contributed by atoms with Gasteiger partial charge in [-0.15, -0.1) is 0 Å². The van der Waals surface area contributed by atoms with E-state index in [2.05, 4.69) is 17.1 Å². The van der Waals surface area contributed by atoms with Crippen LogP contribution in [0, 0.1) is 5.92 Å². The lowest BCUT2D eigenvalue weighted by molar-refractivity contribution is -0.129. The molecule has 18 heavy (non-hydrogen) atoms. The van der Waals surface area contributed by atoms with Crippen LogP contribution in [0.25, 0.3) is 0 Å². The minimum atomic E-state index is -0.300. The summed E-state index contributed by atoms with van der Waals surface area (Å²) in [5.74, 6) is 0.706. The lowest BCUT2D eigenvalue weighted by Crippen LogP contribution is -2.45. The zero-order valence-corrected chi connectivity index (χ0v) is 11.3. The molecule has 5 nitrogen and oxygen atoms in total. The van der Waals surface area contributed by atoms with E-state index < -0.39 is 0 Å². The summed E-state index contributed by atoms with van der Waals surface area (Å²) in [6.45, 7) is 6.70. The fraction of sp³-hybridized carbons (Fsp3) is 0.846. The number of urea groups is 1. The minimum absolute atomic E-state index is 0.0551. The van der Waals surface area contributed by atoms with E-state index in [0.717, 1.165) is 44.7 Å². The molecule has 3 amide bonds. The number of imide groups is 1. The van der Waals surface area contributed by atoms with Crippen molar-refractivity contribution in [2.24, 2.45) is 5.92 Å². The molecule has 1 unspecified atom stereocenters. The van der Waals surface area contributed by atoms with E-state index in [1.807, 2.05) is 6.92 Å². The van der Waals surface area contributed by atoms with Gasteiger partial charge in [0.1, 0.15) is 6.04 Å². The van der Waals surface area contributed by atoms with Crippen molar-refractivity contribution in [2.75, 3.05) is 19.8 Å². The highest BCUT2D eigenvalue weighted by molar-refractivity contribution is 6.04. The second-order valence-electron chi connectivity index (χ2n) is 5.50. The Morgan fingerprint density at radius 2 is 1.94 bits per heavy atom. The van der Waals surface area contributed by atoms with Crippen molar-refractivity contribution in [2.45, 2.75) is 45.6 Å². The lowest BCUT2D eigenvalue weighted by Gasteiger charge is -2.32. The Kier molecular flexibility index (Phi) is 4.22. The molecule has 1 N–H and O–H groups in total. The largest absolute Gasteiger partial charge is 0.326 e. The Bertz CT molecular complexity index is 324. The van der Waals surface area contributed by atoms with Gasteiger partial charge in [0.2, 0.25) is 0 Å². The average molecular weight is 253 g/mol. The first-order chi connectivity index (χ1) is 8.61. The second-order valence-corrected chi connectivity index (χ2v) is 5.50. The predicted molar refractivity (Wildman–Crippen MR) is 68.9 cm³/mol. The molecule has 0 aliphatic carbocycles. The highest BCUT2D eigenvalue weighted by Gasteiger charge is 2.38. The van der Waals surface area contributed by atoms with E-state index in [4.69, 9.17) is 0 Å². The summed E-state index contributed by atoms with van der Waals surface area (Å²) in [4.78, 5) is 27.4. The Labute approximate surface area is 108 Å². The smallest absolute Gasteiger partial charge is 0.325 e. The number of nitrogens with one attached hydrogen (secondary N) is 1. The molecule has 1 atom stereocenters. The Morgan fingerprint density at radius 1 is 1.28 bits per heavy atom. The van der Waals surface area contributed by atoms with Gasteiger partial charge in [-0.25, -0.2) is 9.69 Å². The summed E-state index contributed by atoms with van der Waals surface area (Å²) < 4.78 is 0. The maximum atomic E-state index is 12.1. The molecule has 0 aromatic carbocycles. The number of amides is 3. The van der Waals surface area contributed by atoms with Gasteiger partial charge in [-0.05, 0) is 25.2 Å². The summed E-state index contributed by atoms with van der Waals surface area (Å²) in [5, 5.41) is 2.76. The van der Waals surface area contributed by atoms with Gasteiger partial charge in [0.15, 0.2) is 0 Å². The number of carbonyl (C=O) groups is 2. The molecule has 2 fully saturated rings. The van der Waals surface area contributed by atoms with Gasteiger partial charge in [-0.3, -0.25) is 9.69 Å². The summed E-state index contributed by atoms with van der Waals surface area (Å²) in [6.07, 6.45) is 3.95. The minimum Gasteiger partial charge on any atom is -0.326 e. The van der Waals surface area contributed by atoms with E-state index in [0.29, 0.717) is 6.67 Å². The van der Waals surface area contributed by atoms with Crippen LogP contribution < -0.4 is 5.32 Å². The number of rotatable bonds is 4. The van der Waals surface area contributed by atoms with E-state index >= 15 is 0 Å². The van der Waals surface area contributed by atoms with Crippen molar-refractivity contribution >= 4 is 11.9 Å². The highest BCUT2D eigenvalue weighted by atomic mass is 16.2. The molecule has 2 rings (SSSR count). The fourth-order valence-electron chi connectivity index (χ4n) is 2.60. The number of hydrogen-bond donors (Lipinski definition) is 1. The van der Waals surface area contributed by atoms with Gasteiger partial charge in [-0.2, -0.15) is 0 Å². The quantitative estimate of drug-likeness (QED) is 0.770. The maximum Gasteiger partial charge on any atom is 0.325 e. The average Bonchev–Trinajstić information content (AvgIpc) is 2.60. The van der Waals surface area contributed by atoms with Crippen molar-refractivity contribution in [3.63, 3.8) is 0 Å². The molecule has 2 aliphatic rings. The molecule has 0 saturated carbocycles.